The van der Waals surface area contributed by atoms with Crippen molar-refractivity contribution in [3.63, 3.8) is 0 Å². The second-order valence-electron chi connectivity index (χ2n) is 8.37. The normalized spacial score (nSPS) is 18.3. The van der Waals surface area contributed by atoms with Gasteiger partial charge >= 0.3 is 0 Å². The van der Waals surface area contributed by atoms with Crippen molar-refractivity contribution in [1.29, 1.82) is 0 Å². The molecule has 0 bridgehead atoms. The molecule has 0 radical (unpaired) electrons. The molecule has 7 heteroatoms. The summed E-state index contributed by atoms with van der Waals surface area (Å²) in [6.07, 6.45) is 4.48. The Hall–Kier alpha value is -2.93. The van der Waals surface area contributed by atoms with Crippen LogP contribution in [0.25, 0.3) is 11.0 Å². The molecule has 3 heterocycles. The quantitative estimate of drug-likeness (QED) is 0.679. The fourth-order valence-corrected chi connectivity index (χ4v) is 4.33. The highest BCUT2D eigenvalue weighted by Gasteiger charge is 2.40. The number of rotatable bonds is 5. The fraction of sp³-hybridized carbons (Fsp3) is 0.435. The first-order valence-corrected chi connectivity index (χ1v) is 10.5. The van der Waals surface area contributed by atoms with Gasteiger partial charge in [0.25, 0.3) is 5.56 Å². The topological polar surface area (TPSA) is 91.2 Å². The number of hydrogen-bond donors (Lipinski definition) is 2. The van der Waals surface area contributed by atoms with E-state index in [1.807, 2.05) is 42.2 Å². The Kier molecular flexibility index (Phi) is 5.47. The Morgan fingerprint density at radius 1 is 1.20 bits per heavy atom. The maximum atomic E-state index is 12.8. The molecule has 0 saturated carbocycles. The third kappa shape index (κ3) is 3.77. The number of likely N-dealkylation sites (tertiary alicyclic amines) is 1. The van der Waals surface area contributed by atoms with Gasteiger partial charge in [-0.3, -0.25) is 14.2 Å². The molecular weight excluding hydrogens is 380 g/mol. The first-order chi connectivity index (χ1) is 14.4. The number of nitrogens with one attached hydrogen (secondary N) is 1. The first-order valence-electron chi connectivity index (χ1n) is 10.5. The molecule has 2 N–H and O–H groups in total. The molecule has 3 aromatic rings. The zero-order chi connectivity index (χ0) is 21.3. The van der Waals surface area contributed by atoms with Crippen molar-refractivity contribution in [1.82, 2.24) is 19.4 Å². The molecule has 2 aromatic heterocycles. The van der Waals surface area contributed by atoms with E-state index in [0.29, 0.717) is 43.4 Å². The Morgan fingerprint density at radius 2 is 1.90 bits per heavy atom. The summed E-state index contributed by atoms with van der Waals surface area (Å²) in [5.74, 6) is 0.253. The molecule has 4 rings (SSSR count). The minimum absolute atomic E-state index is 0.104. The van der Waals surface area contributed by atoms with E-state index in [-0.39, 0.29) is 17.4 Å². The number of hydrogen-bond acceptors (Lipinski definition) is 4. The van der Waals surface area contributed by atoms with Crippen LogP contribution < -0.4 is 5.56 Å². The van der Waals surface area contributed by atoms with E-state index in [2.05, 4.69) is 16.9 Å². The number of benzene rings is 1. The maximum Gasteiger partial charge on any atom is 0.277 e. The third-order valence-corrected chi connectivity index (χ3v) is 6.52. The molecule has 2 unspecified atom stereocenters. The van der Waals surface area contributed by atoms with Crippen molar-refractivity contribution < 1.29 is 9.90 Å². The maximum absolute atomic E-state index is 12.8. The van der Waals surface area contributed by atoms with Crippen molar-refractivity contribution in [3.05, 3.63) is 64.8 Å². The Labute approximate surface area is 175 Å². The van der Waals surface area contributed by atoms with Crippen LogP contribution in [0, 0.1) is 0 Å². The number of nitrogens with zero attached hydrogens (tertiary/aromatic N) is 3. The van der Waals surface area contributed by atoms with E-state index >= 15 is 0 Å². The highest BCUT2D eigenvalue weighted by molar-refractivity contribution is 5.77. The van der Waals surface area contributed by atoms with Gasteiger partial charge in [0, 0.05) is 25.7 Å². The molecule has 30 heavy (non-hydrogen) atoms. The molecule has 1 aliphatic heterocycles. The number of aromatic nitrogens is 3. The van der Waals surface area contributed by atoms with Crippen LogP contribution in [0.4, 0.5) is 0 Å². The van der Waals surface area contributed by atoms with Gasteiger partial charge < -0.3 is 15.0 Å². The number of amides is 1. The molecule has 0 spiro atoms. The van der Waals surface area contributed by atoms with Gasteiger partial charge in [-0.25, -0.2) is 4.98 Å². The van der Waals surface area contributed by atoms with Crippen LogP contribution in [-0.4, -0.2) is 49.1 Å². The average Bonchev–Trinajstić information content (AvgIpc) is 3.24. The first kappa shape index (κ1) is 20.3. The van der Waals surface area contributed by atoms with Gasteiger partial charge in [0.2, 0.25) is 5.91 Å². The van der Waals surface area contributed by atoms with Gasteiger partial charge in [0.15, 0.2) is 0 Å². The third-order valence-electron chi connectivity index (χ3n) is 6.52. The highest BCUT2D eigenvalue weighted by atomic mass is 16.3. The summed E-state index contributed by atoms with van der Waals surface area (Å²) in [4.78, 5) is 34.6. The van der Waals surface area contributed by atoms with Crippen LogP contribution in [0.3, 0.4) is 0 Å². The molecule has 1 amide bonds. The Morgan fingerprint density at radius 3 is 2.60 bits per heavy atom. The number of piperidine rings is 1. The highest BCUT2D eigenvalue weighted by Crippen LogP contribution is 2.33. The largest absolute Gasteiger partial charge is 0.388 e. The van der Waals surface area contributed by atoms with Crippen LogP contribution >= 0.6 is 0 Å². The lowest BCUT2D eigenvalue weighted by Gasteiger charge is -2.42. The summed E-state index contributed by atoms with van der Waals surface area (Å²) < 4.78 is 1.49. The minimum Gasteiger partial charge on any atom is -0.388 e. The number of H-pyrrole nitrogens is 1. The van der Waals surface area contributed by atoms with Crippen LogP contribution in [0.2, 0.25) is 0 Å². The summed E-state index contributed by atoms with van der Waals surface area (Å²) in [5, 5.41) is 11.3. The summed E-state index contributed by atoms with van der Waals surface area (Å²) in [6.45, 7) is 4.86. The van der Waals surface area contributed by atoms with E-state index < -0.39 is 11.6 Å². The smallest absolute Gasteiger partial charge is 0.277 e. The lowest BCUT2D eigenvalue weighted by molar-refractivity contribution is -0.137. The number of fused-ring (bicyclic) bond motifs is 1. The van der Waals surface area contributed by atoms with E-state index in [4.69, 9.17) is 0 Å². The van der Waals surface area contributed by atoms with Crippen molar-refractivity contribution >= 4 is 16.9 Å². The Balaban J connectivity index is 1.41. The van der Waals surface area contributed by atoms with Crippen LogP contribution in [0.15, 0.2) is 53.7 Å². The van der Waals surface area contributed by atoms with Gasteiger partial charge in [-0.05, 0) is 37.3 Å². The fourth-order valence-electron chi connectivity index (χ4n) is 4.33. The van der Waals surface area contributed by atoms with Gasteiger partial charge in [0.05, 0.1) is 23.5 Å². The van der Waals surface area contributed by atoms with Crippen LogP contribution in [0.1, 0.15) is 50.6 Å². The van der Waals surface area contributed by atoms with Crippen LogP contribution in [0.5, 0.6) is 0 Å². The average molecular weight is 409 g/mol. The van der Waals surface area contributed by atoms with Crippen molar-refractivity contribution in [2.45, 2.75) is 50.7 Å². The van der Waals surface area contributed by atoms with E-state index in [0.717, 1.165) is 5.56 Å². The van der Waals surface area contributed by atoms with Gasteiger partial charge in [-0.2, -0.15) is 0 Å². The zero-order valence-electron chi connectivity index (χ0n) is 17.4. The molecule has 2 atom stereocenters. The van der Waals surface area contributed by atoms with Crippen molar-refractivity contribution in [2.24, 2.45) is 0 Å². The predicted octanol–water partition coefficient (Wildman–Crippen LogP) is 2.83. The molecule has 0 aliphatic carbocycles. The molecule has 1 aromatic carbocycles. The number of aromatic amines is 1. The van der Waals surface area contributed by atoms with Gasteiger partial charge in [-0.15, -0.1) is 0 Å². The second-order valence-corrected chi connectivity index (χ2v) is 8.37. The van der Waals surface area contributed by atoms with Gasteiger partial charge in [-0.1, -0.05) is 37.3 Å². The van der Waals surface area contributed by atoms with E-state index in [1.165, 1.54) is 10.9 Å². The summed E-state index contributed by atoms with van der Waals surface area (Å²) in [6, 6.07) is 11.3. The molecule has 1 aliphatic rings. The number of carbonyl (C=O) groups is 1. The van der Waals surface area contributed by atoms with Crippen LogP contribution in [-0.2, 0) is 4.79 Å². The number of carbonyl (C=O) groups excluding carboxylic acids is 1. The zero-order valence-corrected chi connectivity index (χ0v) is 17.4. The second kappa shape index (κ2) is 8.07. The SMILES string of the molecule is CC(CC(=O)N1CCC(O)(C(C)n2cnc3cc[nH]c3c2=O)CC1)c1ccccc1. The molecular formula is C23H28N4O3. The molecule has 1 saturated heterocycles. The van der Waals surface area contributed by atoms with E-state index in [9.17, 15) is 14.7 Å². The van der Waals surface area contributed by atoms with Gasteiger partial charge in [0.1, 0.15) is 5.52 Å². The summed E-state index contributed by atoms with van der Waals surface area (Å²) in [5.41, 5.74) is 0.952. The molecule has 158 valence electrons. The molecule has 1 fully saturated rings. The standard InChI is InChI=1S/C23H28N4O3/c1-16(18-6-4-3-5-7-18)14-20(28)26-12-9-23(30,10-13-26)17(2)27-15-25-19-8-11-24-21(19)22(27)29/h3-8,11,15-17,24,30H,9-10,12-14H2,1-2H3. The molecule has 7 nitrogen and oxygen atoms in total. The minimum atomic E-state index is -1.06. The Bertz CT molecular complexity index is 1080. The summed E-state index contributed by atoms with van der Waals surface area (Å²) >= 11 is 0. The summed E-state index contributed by atoms with van der Waals surface area (Å²) in [7, 11) is 0. The van der Waals surface area contributed by atoms with Crippen molar-refractivity contribution in [2.75, 3.05) is 13.1 Å². The predicted molar refractivity (Wildman–Crippen MR) is 115 cm³/mol. The lowest BCUT2D eigenvalue weighted by atomic mass is 9.84. The monoisotopic (exact) mass is 408 g/mol. The number of aliphatic hydroxyl groups is 1. The van der Waals surface area contributed by atoms with Crippen molar-refractivity contribution in [3.8, 4) is 0 Å². The lowest BCUT2D eigenvalue weighted by Crippen LogP contribution is -2.51. The van der Waals surface area contributed by atoms with E-state index in [1.54, 1.807) is 12.3 Å².